The first-order valence-corrected chi connectivity index (χ1v) is 5.56. The molecule has 1 rings (SSSR count). The lowest BCUT2D eigenvalue weighted by Crippen LogP contribution is -2.17. The lowest BCUT2D eigenvalue weighted by molar-refractivity contribution is 0.528. The van der Waals surface area contributed by atoms with E-state index in [2.05, 4.69) is 31.1 Å². The highest BCUT2D eigenvalue weighted by Crippen LogP contribution is 2.17. The summed E-state index contributed by atoms with van der Waals surface area (Å²) in [5, 5.41) is 3.38. The molecule has 0 aliphatic carbocycles. The number of nitrogens with zero attached hydrogens (tertiary/aromatic N) is 1. The van der Waals surface area contributed by atoms with E-state index >= 15 is 0 Å². The fourth-order valence-corrected chi connectivity index (χ4v) is 1.46. The van der Waals surface area contributed by atoms with Gasteiger partial charge in [-0.2, -0.15) is 0 Å². The molecule has 3 N–H and O–H groups in total. The quantitative estimate of drug-likeness (QED) is 0.780. The van der Waals surface area contributed by atoms with Crippen LogP contribution in [0.25, 0.3) is 0 Å². The molecule has 1 atom stereocenters. The van der Waals surface area contributed by atoms with Gasteiger partial charge in [-0.1, -0.05) is 13.8 Å². The van der Waals surface area contributed by atoms with E-state index in [1.54, 1.807) is 6.20 Å². The van der Waals surface area contributed by atoms with Crippen molar-refractivity contribution in [2.45, 2.75) is 39.7 Å². The number of hydrogen-bond donors (Lipinski definition) is 2. The topological polar surface area (TPSA) is 50.9 Å². The maximum absolute atomic E-state index is 5.75. The molecule has 3 nitrogen and oxygen atoms in total. The van der Waals surface area contributed by atoms with Crippen LogP contribution in [0.3, 0.4) is 0 Å². The summed E-state index contributed by atoms with van der Waals surface area (Å²) >= 11 is 0. The van der Waals surface area contributed by atoms with Crippen molar-refractivity contribution >= 4 is 11.5 Å². The summed E-state index contributed by atoms with van der Waals surface area (Å²) in [7, 11) is 0. The molecule has 0 saturated carbocycles. The molecule has 0 aromatic carbocycles. The van der Waals surface area contributed by atoms with Gasteiger partial charge in [-0.3, -0.25) is 0 Å². The van der Waals surface area contributed by atoms with E-state index in [9.17, 15) is 0 Å². The Kier molecular flexibility index (Phi) is 4.40. The Morgan fingerprint density at radius 2 is 2.07 bits per heavy atom. The van der Waals surface area contributed by atoms with Crippen LogP contribution in [0.15, 0.2) is 18.3 Å². The van der Waals surface area contributed by atoms with Crippen LogP contribution >= 0.6 is 0 Å². The van der Waals surface area contributed by atoms with Gasteiger partial charge < -0.3 is 11.1 Å². The Morgan fingerprint density at radius 1 is 1.33 bits per heavy atom. The summed E-state index contributed by atoms with van der Waals surface area (Å²) in [4.78, 5) is 4.04. The Hall–Kier alpha value is -1.25. The van der Waals surface area contributed by atoms with Crippen molar-refractivity contribution in [3.05, 3.63) is 18.3 Å². The number of hydrogen-bond acceptors (Lipinski definition) is 3. The molecule has 0 aliphatic heterocycles. The average molecular weight is 207 g/mol. The zero-order chi connectivity index (χ0) is 11.3. The van der Waals surface area contributed by atoms with Crippen LogP contribution in [0.4, 0.5) is 11.5 Å². The maximum atomic E-state index is 5.75. The molecule has 0 bridgehead atoms. The number of nitrogens with two attached hydrogens (primary N) is 1. The molecule has 1 aromatic heterocycles. The molecule has 0 spiro atoms. The van der Waals surface area contributed by atoms with E-state index in [-0.39, 0.29) is 0 Å². The molecular weight excluding hydrogens is 186 g/mol. The predicted molar refractivity (Wildman–Crippen MR) is 65.8 cm³/mol. The SMILES string of the molecule is CC(C)CCC(C)Nc1cccnc1N. The van der Waals surface area contributed by atoms with Crippen LogP contribution in [0, 0.1) is 5.92 Å². The highest BCUT2D eigenvalue weighted by atomic mass is 15.0. The third-order valence-electron chi connectivity index (χ3n) is 2.42. The molecular formula is C12H21N3. The minimum atomic E-state index is 0.443. The van der Waals surface area contributed by atoms with E-state index in [1.807, 2.05) is 12.1 Å². The third-order valence-corrected chi connectivity index (χ3v) is 2.42. The van der Waals surface area contributed by atoms with Crippen LogP contribution in [0.5, 0.6) is 0 Å². The smallest absolute Gasteiger partial charge is 0.146 e. The first-order chi connectivity index (χ1) is 7.09. The van der Waals surface area contributed by atoms with Crippen molar-refractivity contribution in [3.63, 3.8) is 0 Å². The number of rotatable bonds is 5. The molecule has 1 heterocycles. The third kappa shape index (κ3) is 4.19. The number of nitrogen functional groups attached to an aromatic ring is 1. The second kappa shape index (κ2) is 5.59. The standard InChI is InChI=1S/C12H21N3/c1-9(2)6-7-10(3)15-11-5-4-8-14-12(11)13/h4-5,8-10,15H,6-7H2,1-3H3,(H2,13,14). The normalized spacial score (nSPS) is 12.8. The molecule has 0 amide bonds. The Labute approximate surface area is 92.1 Å². The number of pyridine rings is 1. The number of anilines is 2. The molecule has 0 fully saturated rings. The molecule has 84 valence electrons. The summed E-state index contributed by atoms with van der Waals surface area (Å²) in [6.07, 6.45) is 4.10. The molecule has 1 unspecified atom stereocenters. The zero-order valence-corrected chi connectivity index (χ0v) is 9.83. The minimum absolute atomic E-state index is 0.443. The van der Waals surface area contributed by atoms with Crippen molar-refractivity contribution in [2.75, 3.05) is 11.1 Å². The Balaban J connectivity index is 2.44. The van der Waals surface area contributed by atoms with Crippen LogP contribution < -0.4 is 11.1 Å². The molecule has 3 heteroatoms. The second-order valence-corrected chi connectivity index (χ2v) is 4.45. The Bertz CT molecular complexity index is 297. The highest BCUT2D eigenvalue weighted by Gasteiger charge is 2.05. The fraction of sp³-hybridized carbons (Fsp3) is 0.583. The summed E-state index contributed by atoms with van der Waals surface area (Å²) < 4.78 is 0. The zero-order valence-electron chi connectivity index (χ0n) is 9.83. The van der Waals surface area contributed by atoms with E-state index in [1.165, 1.54) is 6.42 Å². The van der Waals surface area contributed by atoms with Gasteiger partial charge in [0.15, 0.2) is 0 Å². The maximum Gasteiger partial charge on any atom is 0.146 e. The van der Waals surface area contributed by atoms with Gasteiger partial charge in [-0.25, -0.2) is 4.98 Å². The first kappa shape index (κ1) is 11.8. The number of aromatic nitrogens is 1. The van der Waals surface area contributed by atoms with Crippen molar-refractivity contribution in [2.24, 2.45) is 5.92 Å². The van der Waals surface area contributed by atoms with Crippen molar-refractivity contribution < 1.29 is 0 Å². The minimum Gasteiger partial charge on any atom is -0.382 e. The summed E-state index contributed by atoms with van der Waals surface area (Å²) in [5.41, 5.74) is 6.69. The van der Waals surface area contributed by atoms with E-state index in [0.717, 1.165) is 18.0 Å². The lowest BCUT2D eigenvalue weighted by Gasteiger charge is -2.17. The van der Waals surface area contributed by atoms with E-state index in [0.29, 0.717) is 11.9 Å². The monoisotopic (exact) mass is 207 g/mol. The van der Waals surface area contributed by atoms with Gasteiger partial charge in [0.25, 0.3) is 0 Å². The average Bonchev–Trinajstić information content (AvgIpc) is 2.18. The van der Waals surface area contributed by atoms with E-state index in [4.69, 9.17) is 5.73 Å². The lowest BCUT2D eigenvalue weighted by atomic mass is 10.0. The van der Waals surface area contributed by atoms with Gasteiger partial charge in [0, 0.05) is 12.2 Å². The van der Waals surface area contributed by atoms with Crippen molar-refractivity contribution in [1.29, 1.82) is 0 Å². The first-order valence-electron chi connectivity index (χ1n) is 5.56. The van der Waals surface area contributed by atoms with Gasteiger partial charge in [0.05, 0.1) is 5.69 Å². The second-order valence-electron chi connectivity index (χ2n) is 4.45. The van der Waals surface area contributed by atoms with Gasteiger partial charge in [-0.15, -0.1) is 0 Å². The summed E-state index contributed by atoms with van der Waals surface area (Å²) in [6, 6.07) is 4.31. The molecule has 1 aromatic rings. The van der Waals surface area contributed by atoms with Crippen molar-refractivity contribution in [3.8, 4) is 0 Å². The molecule has 0 radical (unpaired) electrons. The number of nitrogens with one attached hydrogen (secondary N) is 1. The van der Waals surface area contributed by atoms with Gasteiger partial charge >= 0.3 is 0 Å². The van der Waals surface area contributed by atoms with Crippen LogP contribution in [0.1, 0.15) is 33.6 Å². The van der Waals surface area contributed by atoms with Gasteiger partial charge in [0.1, 0.15) is 5.82 Å². The molecule has 0 saturated heterocycles. The van der Waals surface area contributed by atoms with Crippen LogP contribution in [0.2, 0.25) is 0 Å². The van der Waals surface area contributed by atoms with E-state index < -0.39 is 0 Å². The molecule has 0 aliphatic rings. The summed E-state index contributed by atoms with van der Waals surface area (Å²) in [6.45, 7) is 6.66. The fourth-order valence-electron chi connectivity index (χ4n) is 1.46. The van der Waals surface area contributed by atoms with Gasteiger partial charge in [-0.05, 0) is 37.8 Å². The van der Waals surface area contributed by atoms with Crippen molar-refractivity contribution in [1.82, 2.24) is 4.98 Å². The van der Waals surface area contributed by atoms with Crippen LogP contribution in [-0.4, -0.2) is 11.0 Å². The highest BCUT2D eigenvalue weighted by molar-refractivity contribution is 5.61. The Morgan fingerprint density at radius 3 is 2.67 bits per heavy atom. The predicted octanol–water partition coefficient (Wildman–Crippen LogP) is 2.90. The van der Waals surface area contributed by atoms with Gasteiger partial charge in [0.2, 0.25) is 0 Å². The summed E-state index contributed by atoms with van der Waals surface area (Å²) in [5.74, 6) is 1.33. The van der Waals surface area contributed by atoms with Crippen LogP contribution in [-0.2, 0) is 0 Å². The molecule has 15 heavy (non-hydrogen) atoms. The largest absolute Gasteiger partial charge is 0.382 e.